The summed E-state index contributed by atoms with van der Waals surface area (Å²) in [6.45, 7) is 5.88. The molecule has 0 unspecified atom stereocenters. The van der Waals surface area contributed by atoms with E-state index in [2.05, 4.69) is 11.6 Å². The Kier molecular flexibility index (Phi) is 3.19. The Morgan fingerprint density at radius 1 is 1.47 bits per heavy atom. The number of nitrogens with zero attached hydrogens (tertiary/aromatic N) is 1. The van der Waals surface area contributed by atoms with Crippen LogP contribution in [0.2, 0.25) is 0 Å². The van der Waals surface area contributed by atoms with Gasteiger partial charge in [0.05, 0.1) is 17.7 Å². The van der Waals surface area contributed by atoms with Crippen LogP contribution in [0.1, 0.15) is 22.8 Å². The summed E-state index contributed by atoms with van der Waals surface area (Å²) >= 11 is 0. The number of ether oxygens (including phenoxy) is 1. The molecule has 0 radical (unpaired) electrons. The van der Waals surface area contributed by atoms with Crippen LogP contribution in [-0.4, -0.2) is 17.6 Å². The molecule has 0 spiro atoms. The first-order valence-electron chi connectivity index (χ1n) is 5.45. The molecule has 1 aromatic heterocycles. The van der Waals surface area contributed by atoms with E-state index in [1.165, 1.54) is 6.20 Å². The average Bonchev–Trinajstić information content (AvgIpc) is 2.37. The zero-order valence-electron chi connectivity index (χ0n) is 9.64. The van der Waals surface area contributed by atoms with Gasteiger partial charge in [-0.3, -0.25) is 4.98 Å². The second kappa shape index (κ2) is 4.78. The van der Waals surface area contributed by atoms with E-state index in [-0.39, 0.29) is 5.97 Å². The van der Waals surface area contributed by atoms with Gasteiger partial charge in [-0.15, -0.1) is 0 Å². The first-order chi connectivity index (χ1) is 8.27. The Hall–Kier alpha value is -2.16. The highest BCUT2D eigenvalue weighted by Crippen LogP contribution is 2.22. The van der Waals surface area contributed by atoms with Crippen molar-refractivity contribution in [2.75, 3.05) is 6.61 Å². The largest absolute Gasteiger partial charge is 0.462 e. The lowest BCUT2D eigenvalue weighted by Crippen LogP contribution is -2.07. The highest BCUT2D eigenvalue weighted by atomic mass is 16.5. The third kappa shape index (κ3) is 2.04. The Labute approximate surface area is 99.7 Å². The van der Waals surface area contributed by atoms with Crippen LogP contribution in [0.4, 0.5) is 0 Å². The molecule has 3 heteroatoms. The number of aromatic nitrogens is 1. The monoisotopic (exact) mass is 227 g/mol. The van der Waals surface area contributed by atoms with Crippen LogP contribution in [0.25, 0.3) is 17.0 Å². The van der Waals surface area contributed by atoms with Crippen LogP contribution in [0.5, 0.6) is 0 Å². The van der Waals surface area contributed by atoms with E-state index in [4.69, 9.17) is 4.74 Å². The fourth-order valence-corrected chi connectivity index (χ4v) is 1.75. The van der Waals surface area contributed by atoms with Crippen molar-refractivity contribution >= 4 is 22.9 Å². The summed E-state index contributed by atoms with van der Waals surface area (Å²) in [4.78, 5) is 16.0. The topological polar surface area (TPSA) is 39.2 Å². The second-order valence-electron chi connectivity index (χ2n) is 3.53. The van der Waals surface area contributed by atoms with Gasteiger partial charge >= 0.3 is 5.97 Å². The molecule has 0 atom stereocenters. The summed E-state index contributed by atoms with van der Waals surface area (Å²) in [7, 11) is 0. The van der Waals surface area contributed by atoms with Crippen LogP contribution >= 0.6 is 0 Å². The Bertz CT molecular complexity index is 575. The smallest absolute Gasteiger partial charge is 0.340 e. The van der Waals surface area contributed by atoms with E-state index in [1.54, 1.807) is 13.0 Å². The summed E-state index contributed by atoms with van der Waals surface area (Å²) in [6.07, 6.45) is 3.20. The number of esters is 1. The van der Waals surface area contributed by atoms with E-state index in [0.29, 0.717) is 12.2 Å². The summed E-state index contributed by atoms with van der Waals surface area (Å²) in [5.74, 6) is -0.361. The maximum atomic E-state index is 11.8. The molecule has 1 heterocycles. The van der Waals surface area contributed by atoms with E-state index < -0.39 is 0 Å². The van der Waals surface area contributed by atoms with Crippen molar-refractivity contribution in [3.63, 3.8) is 0 Å². The molecular weight excluding hydrogens is 214 g/mol. The van der Waals surface area contributed by atoms with Crippen molar-refractivity contribution in [3.8, 4) is 0 Å². The van der Waals surface area contributed by atoms with Crippen LogP contribution in [0, 0.1) is 0 Å². The minimum absolute atomic E-state index is 0.349. The molecular formula is C14H13NO2. The summed E-state index contributed by atoms with van der Waals surface area (Å²) in [6, 6.07) is 7.64. The molecule has 17 heavy (non-hydrogen) atoms. The average molecular weight is 227 g/mol. The van der Waals surface area contributed by atoms with Gasteiger partial charge in [0, 0.05) is 11.6 Å². The molecule has 2 rings (SSSR count). The molecule has 0 N–H and O–H groups in total. The van der Waals surface area contributed by atoms with Crippen LogP contribution in [0.3, 0.4) is 0 Å². The molecule has 0 aliphatic carbocycles. The van der Waals surface area contributed by atoms with Gasteiger partial charge < -0.3 is 4.74 Å². The zero-order chi connectivity index (χ0) is 12.3. The van der Waals surface area contributed by atoms with E-state index in [9.17, 15) is 4.79 Å². The van der Waals surface area contributed by atoms with Crippen molar-refractivity contribution in [1.82, 2.24) is 4.98 Å². The van der Waals surface area contributed by atoms with Gasteiger partial charge in [-0.1, -0.05) is 30.9 Å². The summed E-state index contributed by atoms with van der Waals surface area (Å²) < 4.78 is 4.99. The number of carbonyl (C=O) groups excluding carboxylic acids is 1. The molecule has 0 bridgehead atoms. The predicted octanol–water partition coefficient (Wildman–Crippen LogP) is 3.05. The Morgan fingerprint density at radius 3 is 2.94 bits per heavy atom. The van der Waals surface area contributed by atoms with Crippen molar-refractivity contribution in [2.45, 2.75) is 6.92 Å². The molecule has 0 amide bonds. The highest BCUT2D eigenvalue weighted by Gasteiger charge is 2.13. The molecule has 0 fully saturated rings. The van der Waals surface area contributed by atoms with E-state index >= 15 is 0 Å². The minimum atomic E-state index is -0.361. The Morgan fingerprint density at radius 2 is 2.24 bits per heavy atom. The zero-order valence-corrected chi connectivity index (χ0v) is 9.64. The fourth-order valence-electron chi connectivity index (χ4n) is 1.75. The normalized spacial score (nSPS) is 10.2. The van der Waals surface area contributed by atoms with Crippen LogP contribution in [0.15, 0.2) is 37.0 Å². The van der Waals surface area contributed by atoms with Gasteiger partial charge in [-0.05, 0) is 18.6 Å². The number of pyridine rings is 1. The lowest BCUT2D eigenvalue weighted by Gasteiger charge is -2.08. The van der Waals surface area contributed by atoms with E-state index in [0.717, 1.165) is 16.5 Å². The van der Waals surface area contributed by atoms with Crippen LogP contribution in [-0.2, 0) is 4.74 Å². The number of carbonyl (C=O) groups is 1. The number of hydrogen-bond donors (Lipinski definition) is 0. The standard InChI is InChI=1S/C14H13NO2/c1-3-10-11-7-5-6-8-13(11)15-9-12(10)14(16)17-4-2/h3,5-9H,1,4H2,2H3. The summed E-state index contributed by atoms with van der Waals surface area (Å²) in [5.41, 5.74) is 2.07. The lowest BCUT2D eigenvalue weighted by atomic mass is 10.0. The SMILES string of the molecule is C=Cc1c(C(=O)OCC)cnc2ccccc12. The number of fused-ring (bicyclic) bond motifs is 1. The van der Waals surface area contributed by atoms with Crippen LogP contribution < -0.4 is 0 Å². The number of hydrogen-bond acceptors (Lipinski definition) is 3. The summed E-state index contributed by atoms with van der Waals surface area (Å²) in [5, 5.41) is 0.910. The molecule has 0 saturated carbocycles. The first-order valence-corrected chi connectivity index (χ1v) is 5.45. The van der Waals surface area contributed by atoms with Crippen molar-refractivity contribution < 1.29 is 9.53 Å². The molecule has 0 aliphatic rings. The third-order valence-electron chi connectivity index (χ3n) is 2.52. The molecule has 86 valence electrons. The van der Waals surface area contributed by atoms with Gasteiger partial charge in [0.2, 0.25) is 0 Å². The number of para-hydroxylation sites is 1. The van der Waals surface area contributed by atoms with Gasteiger partial charge in [0.15, 0.2) is 0 Å². The number of rotatable bonds is 3. The van der Waals surface area contributed by atoms with Gasteiger partial charge in [0.1, 0.15) is 0 Å². The molecule has 0 saturated heterocycles. The van der Waals surface area contributed by atoms with Gasteiger partial charge in [-0.2, -0.15) is 0 Å². The molecule has 3 nitrogen and oxygen atoms in total. The molecule has 2 aromatic rings. The van der Waals surface area contributed by atoms with Gasteiger partial charge in [0.25, 0.3) is 0 Å². The Balaban J connectivity index is 2.65. The second-order valence-corrected chi connectivity index (χ2v) is 3.53. The van der Waals surface area contributed by atoms with Crippen molar-refractivity contribution in [1.29, 1.82) is 0 Å². The maximum absolute atomic E-state index is 11.8. The molecule has 1 aromatic carbocycles. The highest BCUT2D eigenvalue weighted by molar-refractivity contribution is 6.00. The van der Waals surface area contributed by atoms with Crippen molar-refractivity contribution in [2.24, 2.45) is 0 Å². The predicted molar refractivity (Wildman–Crippen MR) is 67.8 cm³/mol. The van der Waals surface area contributed by atoms with E-state index in [1.807, 2.05) is 24.3 Å². The molecule has 0 aliphatic heterocycles. The first kappa shape index (κ1) is 11.3. The minimum Gasteiger partial charge on any atom is -0.462 e. The number of benzene rings is 1. The van der Waals surface area contributed by atoms with Gasteiger partial charge in [-0.25, -0.2) is 4.79 Å². The third-order valence-corrected chi connectivity index (χ3v) is 2.52. The quantitative estimate of drug-likeness (QED) is 0.756. The fraction of sp³-hybridized carbons (Fsp3) is 0.143. The maximum Gasteiger partial charge on any atom is 0.340 e. The van der Waals surface area contributed by atoms with Crippen molar-refractivity contribution in [3.05, 3.63) is 48.2 Å². The lowest BCUT2D eigenvalue weighted by molar-refractivity contribution is 0.0526.